The highest BCUT2D eigenvalue weighted by Crippen LogP contribution is 2.26. The predicted octanol–water partition coefficient (Wildman–Crippen LogP) is 3.66. The van der Waals surface area contributed by atoms with Crippen LogP contribution in [0.1, 0.15) is 35.4 Å². The first-order chi connectivity index (χ1) is 12.2. The molecule has 1 aromatic carbocycles. The number of aromatic nitrogens is 1. The molecule has 4 rings (SSSR count). The van der Waals surface area contributed by atoms with Crippen LogP contribution in [-0.4, -0.2) is 41.1 Å². The lowest BCUT2D eigenvalue weighted by atomic mass is 9.96. The van der Waals surface area contributed by atoms with Gasteiger partial charge in [0.15, 0.2) is 0 Å². The van der Waals surface area contributed by atoms with E-state index in [9.17, 15) is 4.39 Å². The standard InChI is InChI=1S/C19H23ClFN3O/c20-16-5-3-6-17(21)15(16)12-23-8-10-24(11-9-23)13-18-14-4-1-2-7-19(14)25-22-18/h3,5-6H,1-2,4,7-13H2. The maximum absolute atomic E-state index is 14.0. The van der Waals surface area contributed by atoms with Crippen LogP contribution in [0.25, 0.3) is 0 Å². The van der Waals surface area contributed by atoms with Crippen molar-refractivity contribution in [1.82, 2.24) is 15.0 Å². The second-order valence-electron chi connectivity index (χ2n) is 6.99. The van der Waals surface area contributed by atoms with E-state index in [1.165, 1.54) is 24.5 Å². The number of hydrogen-bond donors (Lipinski definition) is 0. The summed E-state index contributed by atoms with van der Waals surface area (Å²) in [6.07, 6.45) is 4.57. The summed E-state index contributed by atoms with van der Waals surface area (Å²) in [7, 11) is 0. The lowest BCUT2D eigenvalue weighted by Crippen LogP contribution is -2.45. The summed E-state index contributed by atoms with van der Waals surface area (Å²) in [5.41, 5.74) is 3.05. The minimum Gasteiger partial charge on any atom is -0.361 e. The van der Waals surface area contributed by atoms with E-state index in [2.05, 4.69) is 15.0 Å². The van der Waals surface area contributed by atoms with Crippen molar-refractivity contribution < 1.29 is 8.91 Å². The number of nitrogens with zero attached hydrogens (tertiary/aromatic N) is 3. The molecule has 2 aliphatic rings. The van der Waals surface area contributed by atoms with Gasteiger partial charge in [-0.3, -0.25) is 9.80 Å². The van der Waals surface area contributed by atoms with Crippen LogP contribution in [0.2, 0.25) is 5.02 Å². The molecule has 0 atom stereocenters. The molecule has 6 heteroatoms. The minimum atomic E-state index is -0.218. The highest BCUT2D eigenvalue weighted by atomic mass is 35.5. The summed E-state index contributed by atoms with van der Waals surface area (Å²) in [6, 6.07) is 4.88. The van der Waals surface area contributed by atoms with Crippen molar-refractivity contribution in [3.05, 3.63) is 51.6 Å². The van der Waals surface area contributed by atoms with E-state index in [0.29, 0.717) is 17.1 Å². The Hall–Kier alpha value is -1.43. The van der Waals surface area contributed by atoms with Gasteiger partial charge in [-0.05, 0) is 31.4 Å². The van der Waals surface area contributed by atoms with Crippen molar-refractivity contribution in [3.8, 4) is 0 Å². The summed E-state index contributed by atoms with van der Waals surface area (Å²) in [5.74, 6) is 0.873. The van der Waals surface area contributed by atoms with Crippen LogP contribution in [0.3, 0.4) is 0 Å². The van der Waals surface area contributed by atoms with Gasteiger partial charge in [0.05, 0.1) is 0 Å². The van der Waals surface area contributed by atoms with E-state index in [-0.39, 0.29) is 5.82 Å². The van der Waals surface area contributed by atoms with Gasteiger partial charge in [-0.15, -0.1) is 0 Å². The Kier molecular flexibility index (Phi) is 5.06. The van der Waals surface area contributed by atoms with Gasteiger partial charge in [-0.1, -0.05) is 22.8 Å². The van der Waals surface area contributed by atoms with Gasteiger partial charge in [0.25, 0.3) is 0 Å². The normalized spacial score (nSPS) is 19.1. The molecule has 1 aliphatic carbocycles. The van der Waals surface area contributed by atoms with Crippen molar-refractivity contribution in [3.63, 3.8) is 0 Å². The molecule has 2 heterocycles. The summed E-state index contributed by atoms with van der Waals surface area (Å²) in [5, 5.41) is 4.82. The monoisotopic (exact) mass is 363 g/mol. The molecule has 1 fully saturated rings. The van der Waals surface area contributed by atoms with Crippen LogP contribution < -0.4 is 0 Å². The zero-order valence-electron chi connectivity index (χ0n) is 14.3. The average Bonchev–Trinajstić information content (AvgIpc) is 3.03. The van der Waals surface area contributed by atoms with Crippen LogP contribution >= 0.6 is 11.6 Å². The molecule has 4 nitrogen and oxygen atoms in total. The second kappa shape index (κ2) is 7.44. The lowest BCUT2D eigenvalue weighted by molar-refractivity contribution is 0.119. The fraction of sp³-hybridized carbons (Fsp3) is 0.526. The molecule has 0 amide bonds. The Labute approximate surface area is 152 Å². The number of rotatable bonds is 4. The fourth-order valence-corrected chi connectivity index (χ4v) is 4.02. The molecule has 1 aromatic heterocycles. The molecular formula is C19H23ClFN3O. The number of benzene rings is 1. The third-order valence-electron chi connectivity index (χ3n) is 5.31. The molecule has 1 aliphatic heterocycles. The first-order valence-electron chi connectivity index (χ1n) is 9.04. The molecule has 25 heavy (non-hydrogen) atoms. The second-order valence-corrected chi connectivity index (χ2v) is 7.40. The van der Waals surface area contributed by atoms with E-state index >= 15 is 0 Å². The maximum Gasteiger partial charge on any atom is 0.140 e. The first kappa shape index (κ1) is 17.0. The van der Waals surface area contributed by atoms with Gasteiger partial charge >= 0.3 is 0 Å². The molecule has 0 radical (unpaired) electrons. The van der Waals surface area contributed by atoms with Gasteiger partial charge in [0.2, 0.25) is 0 Å². The summed E-state index contributed by atoms with van der Waals surface area (Å²) < 4.78 is 19.5. The van der Waals surface area contributed by atoms with Gasteiger partial charge in [0, 0.05) is 61.8 Å². The van der Waals surface area contributed by atoms with Crippen LogP contribution in [-0.2, 0) is 25.9 Å². The van der Waals surface area contributed by atoms with Gasteiger partial charge in [-0.2, -0.15) is 0 Å². The molecule has 0 bridgehead atoms. The summed E-state index contributed by atoms with van der Waals surface area (Å²) in [6.45, 7) is 5.14. The van der Waals surface area contributed by atoms with Crippen LogP contribution in [0, 0.1) is 5.82 Å². The van der Waals surface area contributed by atoms with Crippen molar-refractivity contribution in [2.45, 2.75) is 38.8 Å². The van der Waals surface area contributed by atoms with Gasteiger partial charge < -0.3 is 4.52 Å². The Balaban J connectivity index is 1.33. The number of hydrogen-bond acceptors (Lipinski definition) is 4. The van der Waals surface area contributed by atoms with E-state index < -0.39 is 0 Å². The van der Waals surface area contributed by atoms with Gasteiger partial charge in [-0.25, -0.2) is 4.39 Å². The quantitative estimate of drug-likeness (QED) is 0.829. The number of aryl methyl sites for hydroxylation is 1. The molecule has 1 saturated heterocycles. The third-order valence-corrected chi connectivity index (χ3v) is 5.67. The van der Waals surface area contributed by atoms with Crippen molar-refractivity contribution >= 4 is 11.6 Å². The number of halogens is 2. The van der Waals surface area contributed by atoms with E-state index in [0.717, 1.165) is 57.0 Å². The average molecular weight is 364 g/mol. The number of piperazine rings is 1. The fourth-order valence-electron chi connectivity index (χ4n) is 3.80. The van der Waals surface area contributed by atoms with Crippen molar-refractivity contribution in [2.24, 2.45) is 0 Å². The smallest absolute Gasteiger partial charge is 0.140 e. The van der Waals surface area contributed by atoms with Crippen LogP contribution in [0.15, 0.2) is 22.7 Å². The maximum atomic E-state index is 14.0. The molecule has 134 valence electrons. The topological polar surface area (TPSA) is 32.5 Å². The Morgan fingerprint density at radius 2 is 1.76 bits per heavy atom. The highest BCUT2D eigenvalue weighted by Gasteiger charge is 2.24. The summed E-state index contributed by atoms with van der Waals surface area (Å²) in [4.78, 5) is 4.67. The van der Waals surface area contributed by atoms with E-state index in [1.807, 2.05) is 0 Å². The highest BCUT2D eigenvalue weighted by molar-refractivity contribution is 6.31. The summed E-state index contributed by atoms with van der Waals surface area (Å²) >= 11 is 6.14. The van der Waals surface area contributed by atoms with Crippen LogP contribution in [0.4, 0.5) is 4.39 Å². The third kappa shape index (κ3) is 3.73. The molecule has 0 spiro atoms. The van der Waals surface area contributed by atoms with Crippen molar-refractivity contribution in [2.75, 3.05) is 26.2 Å². The number of fused-ring (bicyclic) bond motifs is 1. The van der Waals surface area contributed by atoms with Crippen LogP contribution in [0.5, 0.6) is 0 Å². The molecule has 0 saturated carbocycles. The largest absolute Gasteiger partial charge is 0.361 e. The zero-order chi connectivity index (χ0) is 17.2. The molecule has 0 N–H and O–H groups in total. The first-order valence-corrected chi connectivity index (χ1v) is 9.42. The minimum absolute atomic E-state index is 0.218. The molecule has 2 aromatic rings. The molecular weight excluding hydrogens is 341 g/mol. The predicted molar refractivity (Wildman–Crippen MR) is 95.1 cm³/mol. The van der Waals surface area contributed by atoms with E-state index in [4.69, 9.17) is 16.1 Å². The van der Waals surface area contributed by atoms with Gasteiger partial charge in [0.1, 0.15) is 17.3 Å². The lowest BCUT2D eigenvalue weighted by Gasteiger charge is -2.34. The Morgan fingerprint density at radius 1 is 1.04 bits per heavy atom. The van der Waals surface area contributed by atoms with E-state index in [1.54, 1.807) is 12.1 Å². The Morgan fingerprint density at radius 3 is 2.52 bits per heavy atom. The molecule has 0 unspecified atom stereocenters. The zero-order valence-corrected chi connectivity index (χ0v) is 15.1. The SMILES string of the molecule is Fc1cccc(Cl)c1CN1CCN(Cc2noc3c2CCCC3)CC1. The van der Waals surface area contributed by atoms with Crippen molar-refractivity contribution in [1.29, 1.82) is 0 Å². The Bertz CT molecular complexity index is 720.